The highest BCUT2D eigenvalue weighted by Gasteiger charge is 2.25. The first-order chi connectivity index (χ1) is 8.72. The second-order valence-corrected chi connectivity index (χ2v) is 3.95. The van der Waals surface area contributed by atoms with Crippen LogP contribution in [0.3, 0.4) is 0 Å². The zero-order valence-corrected chi connectivity index (χ0v) is 9.71. The van der Waals surface area contributed by atoms with Gasteiger partial charge >= 0.3 is 5.97 Å². The molecule has 1 atom stereocenters. The van der Waals surface area contributed by atoms with Gasteiger partial charge in [-0.05, 0) is 18.2 Å². The van der Waals surface area contributed by atoms with E-state index in [1.54, 1.807) is 0 Å². The molecule has 0 amide bonds. The van der Waals surface area contributed by atoms with Crippen LogP contribution < -0.4 is 9.47 Å². The van der Waals surface area contributed by atoms with Crippen molar-refractivity contribution in [2.24, 2.45) is 5.16 Å². The number of carbonyl (C=O) groups is 1. The minimum atomic E-state index is -0.636. The first-order valence-electron chi connectivity index (χ1n) is 5.52. The number of hydrogen-bond donors (Lipinski definition) is 0. The highest BCUT2D eigenvalue weighted by atomic mass is 16.8. The van der Waals surface area contributed by atoms with Crippen LogP contribution in [-0.4, -0.2) is 24.8 Å². The third-order valence-corrected chi connectivity index (χ3v) is 2.64. The summed E-state index contributed by atoms with van der Waals surface area (Å²) in [6.07, 6.45) is -0.206. The maximum Gasteiger partial charge on any atom is 0.305 e. The molecule has 0 aromatic heterocycles. The van der Waals surface area contributed by atoms with E-state index in [4.69, 9.17) is 19.0 Å². The number of fused-ring (bicyclic) bond motifs is 1. The summed E-state index contributed by atoms with van der Waals surface area (Å²) in [4.78, 5) is 15.8. The predicted octanol–water partition coefficient (Wildman–Crippen LogP) is 1.43. The average molecular weight is 249 g/mol. The quantitative estimate of drug-likeness (QED) is 0.742. The molecule has 0 saturated carbocycles. The van der Waals surface area contributed by atoms with Crippen LogP contribution in [0, 0.1) is 0 Å². The van der Waals surface area contributed by atoms with Crippen LogP contribution >= 0.6 is 0 Å². The molecule has 2 aliphatic heterocycles. The Bertz CT molecular complexity index is 525. The van der Waals surface area contributed by atoms with Crippen LogP contribution in [0.25, 0.3) is 0 Å². The molecule has 0 radical (unpaired) electrons. The fourth-order valence-corrected chi connectivity index (χ4v) is 1.85. The van der Waals surface area contributed by atoms with Gasteiger partial charge in [-0.25, -0.2) is 0 Å². The molecule has 18 heavy (non-hydrogen) atoms. The lowest BCUT2D eigenvalue weighted by Gasteiger charge is -2.07. The smallest absolute Gasteiger partial charge is 0.305 e. The summed E-state index contributed by atoms with van der Waals surface area (Å²) >= 11 is 0. The monoisotopic (exact) mass is 249 g/mol. The molecule has 0 saturated heterocycles. The van der Waals surface area contributed by atoms with E-state index >= 15 is 0 Å². The number of nitrogens with zero attached hydrogens (tertiary/aromatic N) is 1. The van der Waals surface area contributed by atoms with Gasteiger partial charge in [0, 0.05) is 12.5 Å². The molecule has 0 aliphatic carbocycles. The standard InChI is InChI=1S/C12H11NO5/c1-7(14)17-12-5-9(13-18-12)8-2-3-10-11(4-8)16-6-15-10/h2-4,12H,5-6H2,1H3. The number of benzene rings is 1. The van der Waals surface area contributed by atoms with Gasteiger partial charge in [-0.3, -0.25) is 4.79 Å². The third kappa shape index (κ3) is 1.97. The molecule has 0 spiro atoms. The van der Waals surface area contributed by atoms with Crippen molar-refractivity contribution in [2.75, 3.05) is 6.79 Å². The Kier molecular flexibility index (Phi) is 2.55. The third-order valence-electron chi connectivity index (χ3n) is 2.64. The van der Waals surface area contributed by atoms with Gasteiger partial charge in [0.1, 0.15) is 0 Å². The predicted molar refractivity (Wildman–Crippen MR) is 60.4 cm³/mol. The molecular weight excluding hydrogens is 238 g/mol. The van der Waals surface area contributed by atoms with E-state index in [2.05, 4.69) is 5.16 Å². The van der Waals surface area contributed by atoms with E-state index in [0.717, 1.165) is 17.0 Å². The van der Waals surface area contributed by atoms with Crippen molar-refractivity contribution < 1.29 is 23.8 Å². The molecule has 94 valence electrons. The topological polar surface area (TPSA) is 66.4 Å². The molecule has 6 heteroatoms. The second-order valence-electron chi connectivity index (χ2n) is 3.95. The van der Waals surface area contributed by atoms with Crippen molar-refractivity contribution in [1.29, 1.82) is 0 Å². The summed E-state index contributed by atoms with van der Waals surface area (Å²) in [7, 11) is 0. The molecule has 2 aliphatic rings. The van der Waals surface area contributed by atoms with Crippen LogP contribution in [0.15, 0.2) is 23.4 Å². The molecule has 0 N–H and O–H groups in total. The van der Waals surface area contributed by atoms with Gasteiger partial charge in [0.25, 0.3) is 6.29 Å². The average Bonchev–Trinajstić information content (AvgIpc) is 2.95. The fraction of sp³-hybridized carbons (Fsp3) is 0.333. The van der Waals surface area contributed by atoms with Crippen molar-refractivity contribution in [2.45, 2.75) is 19.6 Å². The van der Waals surface area contributed by atoms with Gasteiger partial charge in [-0.2, -0.15) is 0 Å². The summed E-state index contributed by atoms with van der Waals surface area (Å²) in [5.41, 5.74) is 1.59. The maximum absolute atomic E-state index is 10.8. The van der Waals surface area contributed by atoms with Gasteiger partial charge in [-0.1, -0.05) is 5.16 Å². The Morgan fingerprint density at radius 1 is 1.39 bits per heavy atom. The molecule has 2 heterocycles. The number of esters is 1. The van der Waals surface area contributed by atoms with Crippen LogP contribution in [0.5, 0.6) is 11.5 Å². The summed E-state index contributed by atoms with van der Waals surface area (Å²) in [5.74, 6) is 1.02. The summed E-state index contributed by atoms with van der Waals surface area (Å²) in [6.45, 7) is 1.57. The fourth-order valence-electron chi connectivity index (χ4n) is 1.85. The van der Waals surface area contributed by atoms with E-state index in [0.29, 0.717) is 12.2 Å². The summed E-state index contributed by atoms with van der Waals surface area (Å²) < 4.78 is 15.4. The molecule has 0 bridgehead atoms. The van der Waals surface area contributed by atoms with Gasteiger partial charge in [0.15, 0.2) is 11.5 Å². The maximum atomic E-state index is 10.8. The normalized spacial score (nSPS) is 20.3. The zero-order valence-electron chi connectivity index (χ0n) is 9.71. The van der Waals surface area contributed by atoms with Crippen LogP contribution in [0.1, 0.15) is 18.9 Å². The number of hydrogen-bond acceptors (Lipinski definition) is 6. The lowest BCUT2D eigenvalue weighted by Crippen LogP contribution is -2.16. The minimum Gasteiger partial charge on any atom is -0.454 e. The highest BCUT2D eigenvalue weighted by molar-refractivity contribution is 6.01. The van der Waals surface area contributed by atoms with Crippen LogP contribution in [0.2, 0.25) is 0 Å². The SMILES string of the molecule is CC(=O)OC1CC(c2ccc3c(c2)OCO3)=NO1. The van der Waals surface area contributed by atoms with E-state index in [-0.39, 0.29) is 12.8 Å². The van der Waals surface area contributed by atoms with Gasteiger partial charge in [0.2, 0.25) is 6.79 Å². The molecule has 1 aromatic rings. The first-order valence-corrected chi connectivity index (χ1v) is 5.52. The Balaban J connectivity index is 1.75. The van der Waals surface area contributed by atoms with Crippen molar-refractivity contribution >= 4 is 11.7 Å². The molecular formula is C12H11NO5. The van der Waals surface area contributed by atoms with E-state index in [9.17, 15) is 4.79 Å². The van der Waals surface area contributed by atoms with Crippen molar-refractivity contribution in [3.8, 4) is 11.5 Å². The van der Waals surface area contributed by atoms with Crippen molar-refractivity contribution in [3.63, 3.8) is 0 Å². The first kappa shape index (κ1) is 10.9. The van der Waals surface area contributed by atoms with Gasteiger partial charge in [-0.15, -0.1) is 0 Å². The summed E-state index contributed by atoms with van der Waals surface area (Å²) in [5, 5.41) is 3.91. The largest absolute Gasteiger partial charge is 0.454 e. The number of ether oxygens (including phenoxy) is 3. The number of carbonyl (C=O) groups excluding carboxylic acids is 1. The second kappa shape index (κ2) is 4.21. The Morgan fingerprint density at radius 2 is 2.22 bits per heavy atom. The van der Waals surface area contributed by atoms with E-state index < -0.39 is 6.29 Å². The minimum absolute atomic E-state index is 0.234. The lowest BCUT2D eigenvalue weighted by atomic mass is 10.1. The molecule has 1 unspecified atom stereocenters. The van der Waals surface area contributed by atoms with Crippen molar-refractivity contribution in [3.05, 3.63) is 23.8 Å². The highest BCUT2D eigenvalue weighted by Crippen LogP contribution is 2.33. The van der Waals surface area contributed by atoms with Gasteiger partial charge in [0.05, 0.1) is 12.1 Å². The zero-order chi connectivity index (χ0) is 12.5. The molecule has 1 aromatic carbocycles. The number of oxime groups is 1. The van der Waals surface area contributed by atoms with Crippen LogP contribution in [0.4, 0.5) is 0 Å². The van der Waals surface area contributed by atoms with E-state index in [1.807, 2.05) is 18.2 Å². The van der Waals surface area contributed by atoms with E-state index in [1.165, 1.54) is 6.92 Å². The number of rotatable bonds is 2. The Hall–Kier alpha value is -2.24. The van der Waals surface area contributed by atoms with Crippen molar-refractivity contribution in [1.82, 2.24) is 0 Å². The lowest BCUT2D eigenvalue weighted by molar-refractivity contribution is -0.170. The summed E-state index contributed by atoms with van der Waals surface area (Å²) in [6, 6.07) is 5.52. The molecule has 6 nitrogen and oxygen atoms in total. The Morgan fingerprint density at radius 3 is 3.06 bits per heavy atom. The molecule has 0 fully saturated rings. The Labute approximate surface area is 103 Å². The molecule has 3 rings (SSSR count). The van der Waals surface area contributed by atoms with Crippen LogP contribution in [-0.2, 0) is 14.4 Å². The van der Waals surface area contributed by atoms with Gasteiger partial charge < -0.3 is 19.0 Å².